The first-order valence-electron chi connectivity index (χ1n) is 4.18. The van der Waals surface area contributed by atoms with E-state index in [0.717, 1.165) is 0 Å². The van der Waals surface area contributed by atoms with Crippen LogP contribution < -0.4 is 9.47 Å². The van der Waals surface area contributed by atoms with Crippen molar-refractivity contribution in [2.45, 2.75) is 6.10 Å². The summed E-state index contributed by atoms with van der Waals surface area (Å²) < 4.78 is 10.1. The lowest BCUT2D eigenvalue weighted by atomic mass is 10.1. The fourth-order valence-electron chi connectivity index (χ4n) is 1.11. The highest BCUT2D eigenvalue weighted by atomic mass is 35.5. The van der Waals surface area contributed by atoms with Crippen LogP contribution in [0.15, 0.2) is 18.2 Å². The highest BCUT2D eigenvalue weighted by Crippen LogP contribution is 2.26. The van der Waals surface area contributed by atoms with Gasteiger partial charge >= 0.3 is 0 Å². The summed E-state index contributed by atoms with van der Waals surface area (Å²) in [6.07, 6.45) is -0.694. The van der Waals surface area contributed by atoms with E-state index in [4.69, 9.17) is 21.1 Å². The summed E-state index contributed by atoms with van der Waals surface area (Å²) in [7, 11) is 3.12. The molecule has 0 aromatic heterocycles. The molecule has 3 nitrogen and oxygen atoms in total. The molecule has 0 amide bonds. The number of methoxy groups -OCH3 is 2. The Labute approximate surface area is 88.2 Å². The molecule has 78 valence electrons. The van der Waals surface area contributed by atoms with Gasteiger partial charge in [0.1, 0.15) is 11.5 Å². The predicted octanol–water partition coefficient (Wildman–Crippen LogP) is 1.98. The molecule has 0 heterocycles. The van der Waals surface area contributed by atoms with E-state index in [9.17, 15) is 5.11 Å². The molecule has 1 N–H and O–H groups in total. The largest absolute Gasteiger partial charge is 0.497 e. The summed E-state index contributed by atoms with van der Waals surface area (Å²) in [5.74, 6) is 1.43. The summed E-state index contributed by atoms with van der Waals surface area (Å²) in [4.78, 5) is 0. The molecule has 4 heteroatoms. The topological polar surface area (TPSA) is 38.7 Å². The second-order valence-electron chi connectivity index (χ2n) is 2.82. The average molecular weight is 217 g/mol. The number of alkyl halides is 1. The van der Waals surface area contributed by atoms with Crippen LogP contribution in [0.2, 0.25) is 0 Å². The van der Waals surface area contributed by atoms with Gasteiger partial charge in [0.2, 0.25) is 0 Å². The standard InChI is InChI=1S/C10H13ClO3/c1-13-8-3-7(10(12)6-11)4-9(5-8)14-2/h3-5,10,12H,6H2,1-2H3/t10-/m0/s1. The van der Waals surface area contributed by atoms with Gasteiger partial charge in [-0.05, 0) is 17.7 Å². The molecule has 1 aromatic rings. The van der Waals surface area contributed by atoms with Gasteiger partial charge in [-0.1, -0.05) is 0 Å². The van der Waals surface area contributed by atoms with Gasteiger partial charge in [0, 0.05) is 6.07 Å². The second-order valence-corrected chi connectivity index (χ2v) is 3.12. The Bertz CT molecular complexity index is 279. The Morgan fingerprint density at radius 2 is 1.71 bits per heavy atom. The molecule has 1 rings (SSSR count). The number of rotatable bonds is 4. The van der Waals surface area contributed by atoms with E-state index in [1.807, 2.05) is 0 Å². The smallest absolute Gasteiger partial charge is 0.122 e. The summed E-state index contributed by atoms with van der Waals surface area (Å²) in [5.41, 5.74) is 0.691. The van der Waals surface area contributed by atoms with Crippen LogP contribution in [0, 0.1) is 0 Å². The SMILES string of the molecule is COc1cc(OC)cc([C@@H](O)CCl)c1. The zero-order valence-corrected chi connectivity index (χ0v) is 8.91. The molecule has 1 atom stereocenters. The maximum atomic E-state index is 9.53. The van der Waals surface area contributed by atoms with Gasteiger partial charge < -0.3 is 14.6 Å². The molecule has 0 unspecified atom stereocenters. The quantitative estimate of drug-likeness (QED) is 0.783. The maximum Gasteiger partial charge on any atom is 0.122 e. The molecule has 0 saturated heterocycles. The number of halogens is 1. The van der Waals surface area contributed by atoms with Crippen LogP contribution in [0.4, 0.5) is 0 Å². The lowest BCUT2D eigenvalue weighted by Crippen LogP contribution is -2.00. The lowest BCUT2D eigenvalue weighted by Gasteiger charge is -2.11. The Morgan fingerprint density at radius 1 is 1.21 bits per heavy atom. The van der Waals surface area contributed by atoms with E-state index in [-0.39, 0.29) is 5.88 Å². The molecule has 0 spiro atoms. The average Bonchev–Trinajstić information content (AvgIpc) is 2.27. The van der Waals surface area contributed by atoms with Crippen LogP contribution in [-0.2, 0) is 0 Å². The summed E-state index contributed by atoms with van der Waals surface area (Å²) in [5, 5.41) is 9.53. The van der Waals surface area contributed by atoms with Crippen molar-refractivity contribution >= 4 is 11.6 Å². The first-order chi connectivity index (χ1) is 6.71. The molecule has 14 heavy (non-hydrogen) atoms. The zero-order chi connectivity index (χ0) is 10.6. The van der Waals surface area contributed by atoms with E-state index in [0.29, 0.717) is 17.1 Å². The Balaban J connectivity index is 3.04. The van der Waals surface area contributed by atoms with Crippen molar-refractivity contribution in [3.8, 4) is 11.5 Å². The van der Waals surface area contributed by atoms with Gasteiger partial charge in [-0.2, -0.15) is 0 Å². The minimum absolute atomic E-state index is 0.149. The van der Waals surface area contributed by atoms with E-state index in [1.165, 1.54) is 0 Å². The van der Waals surface area contributed by atoms with Crippen LogP contribution in [0.5, 0.6) is 11.5 Å². The van der Waals surface area contributed by atoms with Gasteiger partial charge in [-0.15, -0.1) is 11.6 Å². The third-order valence-corrected chi connectivity index (χ3v) is 2.20. The third kappa shape index (κ3) is 2.53. The van der Waals surface area contributed by atoms with E-state index in [2.05, 4.69) is 0 Å². The molecule has 0 aliphatic carbocycles. The minimum Gasteiger partial charge on any atom is -0.497 e. The summed E-state index contributed by atoms with van der Waals surface area (Å²) >= 11 is 5.55. The van der Waals surface area contributed by atoms with Crippen LogP contribution in [0.1, 0.15) is 11.7 Å². The summed E-state index contributed by atoms with van der Waals surface area (Å²) in [6, 6.07) is 5.20. The molecular formula is C10H13ClO3. The van der Waals surface area contributed by atoms with Crippen molar-refractivity contribution in [1.29, 1.82) is 0 Å². The van der Waals surface area contributed by atoms with E-state index >= 15 is 0 Å². The highest BCUT2D eigenvalue weighted by molar-refractivity contribution is 6.18. The van der Waals surface area contributed by atoms with Crippen molar-refractivity contribution in [2.75, 3.05) is 20.1 Å². The van der Waals surface area contributed by atoms with Crippen LogP contribution >= 0.6 is 11.6 Å². The van der Waals surface area contributed by atoms with Gasteiger partial charge in [0.05, 0.1) is 26.2 Å². The first-order valence-corrected chi connectivity index (χ1v) is 4.71. The van der Waals surface area contributed by atoms with Crippen LogP contribution in [0.25, 0.3) is 0 Å². The fourth-order valence-corrected chi connectivity index (χ4v) is 1.29. The van der Waals surface area contributed by atoms with Gasteiger partial charge in [0.15, 0.2) is 0 Å². The van der Waals surface area contributed by atoms with Crippen molar-refractivity contribution in [3.05, 3.63) is 23.8 Å². The van der Waals surface area contributed by atoms with Crippen molar-refractivity contribution in [2.24, 2.45) is 0 Å². The normalized spacial score (nSPS) is 12.3. The van der Waals surface area contributed by atoms with Gasteiger partial charge in [-0.3, -0.25) is 0 Å². The second kappa shape index (κ2) is 5.08. The minimum atomic E-state index is -0.694. The molecule has 0 fully saturated rings. The van der Waals surface area contributed by atoms with Crippen molar-refractivity contribution in [1.82, 2.24) is 0 Å². The highest BCUT2D eigenvalue weighted by Gasteiger charge is 2.09. The molecular weight excluding hydrogens is 204 g/mol. The molecule has 0 aliphatic heterocycles. The Morgan fingerprint density at radius 3 is 2.07 bits per heavy atom. The predicted molar refractivity (Wildman–Crippen MR) is 55.2 cm³/mol. The monoisotopic (exact) mass is 216 g/mol. The Hall–Kier alpha value is -0.930. The number of benzene rings is 1. The van der Waals surface area contributed by atoms with Crippen molar-refractivity contribution in [3.63, 3.8) is 0 Å². The van der Waals surface area contributed by atoms with E-state index < -0.39 is 6.10 Å². The molecule has 1 aromatic carbocycles. The molecule has 0 radical (unpaired) electrons. The molecule has 0 aliphatic rings. The number of ether oxygens (including phenoxy) is 2. The molecule has 0 saturated carbocycles. The lowest BCUT2D eigenvalue weighted by molar-refractivity contribution is 0.201. The third-order valence-electron chi connectivity index (χ3n) is 1.90. The van der Waals surface area contributed by atoms with Crippen LogP contribution in [0.3, 0.4) is 0 Å². The van der Waals surface area contributed by atoms with Gasteiger partial charge in [0.25, 0.3) is 0 Å². The molecule has 0 bridgehead atoms. The Kier molecular flexibility index (Phi) is 4.04. The van der Waals surface area contributed by atoms with Gasteiger partial charge in [-0.25, -0.2) is 0 Å². The fraction of sp³-hybridized carbons (Fsp3) is 0.400. The van der Waals surface area contributed by atoms with Crippen LogP contribution in [-0.4, -0.2) is 25.2 Å². The number of aliphatic hydroxyl groups is 1. The number of hydrogen-bond acceptors (Lipinski definition) is 3. The maximum absolute atomic E-state index is 9.53. The zero-order valence-electron chi connectivity index (χ0n) is 8.16. The van der Waals surface area contributed by atoms with E-state index in [1.54, 1.807) is 32.4 Å². The number of hydrogen-bond donors (Lipinski definition) is 1. The first kappa shape index (κ1) is 11.1. The van der Waals surface area contributed by atoms with Crippen molar-refractivity contribution < 1.29 is 14.6 Å². The summed E-state index contributed by atoms with van der Waals surface area (Å²) in [6.45, 7) is 0. The number of aliphatic hydroxyl groups excluding tert-OH is 1.